The number of hydrogen-bond donors (Lipinski definition) is 0. The molecule has 0 aliphatic heterocycles. The summed E-state index contributed by atoms with van der Waals surface area (Å²) < 4.78 is 1.26. The zero-order valence-electron chi connectivity index (χ0n) is 15.6. The molecule has 2 nitrogen and oxygen atoms in total. The molecule has 0 saturated heterocycles. The summed E-state index contributed by atoms with van der Waals surface area (Å²) >= 11 is 0.166. The Morgan fingerprint density at radius 2 is 1.65 bits per heavy atom. The van der Waals surface area contributed by atoms with E-state index in [0.29, 0.717) is 13.1 Å². The molecule has 0 aliphatic rings. The van der Waals surface area contributed by atoms with Gasteiger partial charge in [0, 0.05) is 0 Å². The van der Waals surface area contributed by atoms with Crippen molar-refractivity contribution in [2.75, 3.05) is 6.54 Å². The number of rotatable bonds is 6. The third-order valence-electron chi connectivity index (χ3n) is 3.42. The number of nitrogens with zero attached hydrogens (tertiary/aromatic N) is 1. The van der Waals surface area contributed by atoms with E-state index >= 15 is 0 Å². The Kier molecular flexibility index (Phi) is 7.93. The maximum absolute atomic E-state index is 12.7. The molecule has 0 N–H and O–H groups in total. The van der Waals surface area contributed by atoms with Gasteiger partial charge in [-0.2, -0.15) is 0 Å². The van der Waals surface area contributed by atoms with Crippen LogP contribution in [0.5, 0.6) is 0 Å². The second-order valence-corrected chi connectivity index (χ2v) is 13.8. The van der Waals surface area contributed by atoms with Crippen molar-refractivity contribution in [2.45, 2.75) is 26.2 Å². The van der Waals surface area contributed by atoms with Gasteiger partial charge in [-0.05, 0) is 0 Å². The van der Waals surface area contributed by atoms with Crippen LogP contribution in [0.2, 0.25) is 19.6 Å². The molecular formula is C22H25NOSeSi. The topological polar surface area (TPSA) is 20.3 Å². The number of carbonyl (C=O) groups is 1. The number of amides is 1. The van der Waals surface area contributed by atoms with Gasteiger partial charge in [-0.15, -0.1) is 0 Å². The molecule has 0 saturated carbocycles. The summed E-state index contributed by atoms with van der Waals surface area (Å²) in [5.41, 5.74) is 4.47. The zero-order chi connectivity index (χ0) is 18.8. The summed E-state index contributed by atoms with van der Waals surface area (Å²) in [4.78, 5) is 16.5. The van der Waals surface area contributed by atoms with Gasteiger partial charge in [0.05, 0.1) is 0 Å². The standard InChI is InChI=1S/C22H25NOSeSi/c1-26(2,3)18-10-16-23(19-20-11-6-4-7-12-20)22(24)15-17-25-21-13-8-5-9-14-21/h4-9,11-15,17H,16,19H2,1-3H3/b17-15-. The van der Waals surface area contributed by atoms with Crippen molar-refractivity contribution in [3.05, 3.63) is 77.3 Å². The predicted octanol–water partition coefficient (Wildman–Crippen LogP) is 3.44. The molecule has 1 amide bonds. The Morgan fingerprint density at radius 3 is 2.27 bits per heavy atom. The van der Waals surface area contributed by atoms with Crippen LogP contribution in [0.3, 0.4) is 0 Å². The normalized spacial score (nSPS) is 11.0. The molecule has 0 radical (unpaired) electrons. The molecule has 26 heavy (non-hydrogen) atoms. The van der Waals surface area contributed by atoms with E-state index in [4.69, 9.17) is 0 Å². The van der Waals surface area contributed by atoms with E-state index in [1.807, 2.05) is 58.4 Å². The van der Waals surface area contributed by atoms with E-state index in [-0.39, 0.29) is 20.9 Å². The van der Waals surface area contributed by atoms with Crippen molar-refractivity contribution in [1.82, 2.24) is 4.90 Å². The SMILES string of the molecule is C[Si](C)(C)C#CCN(Cc1ccccc1)C(=O)/C=C\[Se]c1ccccc1. The minimum atomic E-state index is -1.43. The van der Waals surface area contributed by atoms with E-state index in [1.165, 1.54) is 4.46 Å². The Morgan fingerprint density at radius 1 is 1.04 bits per heavy atom. The molecule has 134 valence electrons. The fourth-order valence-electron chi connectivity index (χ4n) is 2.19. The van der Waals surface area contributed by atoms with Crippen molar-refractivity contribution in [3.63, 3.8) is 0 Å². The summed E-state index contributed by atoms with van der Waals surface area (Å²) in [6.07, 6.45) is 1.70. The summed E-state index contributed by atoms with van der Waals surface area (Å²) in [7, 11) is -1.43. The predicted molar refractivity (Wildman–Crippen MR) is 114 cm³/mol. The first-order valence-corrected chi connectivity index (χ1v) is 14.0. The quantitative estimate of drug-likeness (QED) is 0.394. The van der Waals surface area contributed by atoms with Gasteiger partial charge >= 0.3 is 165 Å². The van der Waals surface area contributed by atoms with Crippen LogP contribution in [0.25, 0.3) is 0 Å². The summed E-state index contributed by atoms with van der Waals surface area (Å²) in [5.74, 6) is 3.25. The molecule has 0 fully saturated rings. The van der Waals surface area contributed by atoms with E-state index in [0.717, 1.165) is 5.56 Å². The number of benzene rings is 2. The average Bonchev–Trinajstić information content (AvgIpc) is 2.61. The third-order valence-corrected chi connectivity index (χ3v) is 6.06. The summed E-state index contributed by atoms with van der Waals surface area (Å²) in [6, 6.07) is 20.3. The molecule has 0 aromatic heterocycles. The molecule has 0 spiro atoms. The van der Waals surface area contributed by atoms with E-state index in [1.54, 1.807) is 6.08 Å². The van der Waals surface area contributed by atoms with Crippen LogP contribution in [0.15, 0.2) is 71.7 Å². The van der Waals surface area contributed by atoms with Crippen LogP contribution >= 0.6 is 0 Å². The second-order valence-electron chi connectivity index (χ2n) is 6.97. The van der Waals surface area contributed by atoms with Crippen molar-refractivity contribution in [3.8, 4) is 11.5 Å². The molecule has 0 atom stereocenters. The molecular weight excluding hydrogens is 401 g/mol. The Hall–Kier alpha value is -2.05. The monoisotopic (exact) mass is 427 g/mol. The molecule has 2 rings (SSSR count). The van der Waals surface area contributed by atoms with E-state index in [2.05, 4.69) is 43.2 Å². The first-order valence-electron chi connectivity index (χ1n) is 8.65. The fraction of sp³-hybridized carbons (Fsp3) is 0.227. The van der Waals surface area contributed by atoms with Crippen LogP contribution in [-0.4, -0.2) is 40.4 Å². The minimum absolute atomic E-state index is 0.0246. The average molecular weight is 426 g/mol. The van der Waals surface area contributed by atoms with Crippen LogP contribution in [0, 0.1) is 11.5 Å². The van der Waals surface area contributed by atoms with Crippen molar-refractivity contribution >= 4 is 33.4 Å². The number of carbonyl (C=O) groups excluding carboxylic acids is 1. The summed E-state index contributed by atoms with van der Waals surface area (Å²) in [6.45, 7) is 7.70. The van der Waals surface area contributed by atoms with Gasteiger partial charge in [0.15, 0.2) is 0 Å². The number of hydrogen-bond acceptors (Lipinski definition) is 1. The van der Waals surface area contributed by atoms with Gasteiger partial charge < -0.3 is 0 Å². The molecule has 2 aromatic rings. The summed E-state index contributed by atoms with van der Waals surface area (Å²) in [5, 5.41) is 0. The second kappa shape index (κ2) is 10.2. The molecule has 4 heteroatoms. The van der Waals surface area contributed by atoms with E-state index < -0.39 is 8.07 Å². The van der Waals surface area contributed by atoms with Gasteiger partial charge in [0.1, 0.15) is 0 Å². The van der Waals surface area contributed by atoms with Gasteiger partial charge in [-0.1, -0.05) is 0 Å². The Bertz CT molecular complexity index is 786. The maximum atomic E-state index is 12.7. The fourth-order valence-corrected chi connectivity index (χ4v) is 4.18. The molecule has 0 heterocycles. The van der Waals surface area contributed by atoms with Crippen molar-refractivity contribution in [2.24, 2.45) is 0 Å². The zero-order valence-corrected chi connectivity index (χ0v) is 18.3. The van der Waals surface area contributed by atoms with Crippen LogP contribution < -0.4 is 4.46 Å². The third kappa shape index (κ3) is 7.88. The molecule has 2 aromatic carbocycles. The van der Waals surface area contributed by atoms with Crippen LogP contribution in [0.4, 0.5) is 0 Å². The first kappa shape index (κ1) is 20.3. The van der Waals surface area contributed by atoms with Crippen LogP contribution in [0.1, 0.15) is 5.56 Å². The van der Waals surface area contributed by atoms with Gasteiger partial charge in [-0.3, -0.25) is 0 Å². The van der Waals surface area contributed by atoms with Crippen molar-refractivity contribution < 1.29 is 4.79 Å². The van der Waals surface area contributed by atoms with Crippen molar-refractivity contribution in [1.29, 1.82) is 0 Å². The Balaban J connectivity index is 2.05. The molecule has 0 bridgehead atoms. The van der Waals surface area contributed by atoms with Crippen LogP contribution in [-0.2, 0) is 11.3 Å². The Labute approximate surface area is 164 Å². The molecule has 0 aliphatic carbocycles. The first-order chi connectivity index (χ1) is 12.4. The van der Waals surface area contributed by atoms with Gasteiger partial charge in [0.2, 0.25) is 0 Å². The molecule has 0 unspecified atom stereocenters. The van der Waals surface area contributed by atoms with Gasteiger partial charge in [-0.25, -0.2) is 0 Å². The van der Waals surface area contributed by atoms with E-state index in [9.17, 15) is 4.79 Å². The van der Waals surface area contributed by atoms with Gasteiger partial charge in [0.25, 0.3) is 0 Å².